The molecule has 0 bridgehead atoms. The lowest BCUT2D eigenvalue weighted by Crippen LogP contribution is -1.89. The van der Waals surface area contributed by atoms with Crippen LogP contribution in [0.3, 0.4) is 0 Å². The molecule has 0 fully saturated rings. The third kappa shape index (κ3) is 4.10. The number of rotatable bonds is 2. The van der Waals surface area contributed by atoms with Gasteiger partial charge in [0.2, 0.25) is 0 Å². The van der Waals surface area contributed by atoms with Crippen LogP contribution in [-0.4, -0.2) is 20.2 Å². The summed E-state index contributed by atoms with van der Waals surface area (Å²) in [5.74, 6) is 0.710. The lowest BCUT2D eigenvalue weighted by molar-refractivity contribution is 1.12. The molecule has 0 saturated heterocycles. The summed E-state index contributed by atoms with van der Waals surface area (Å²) in [6, 6.07) is 20.0. The molecule has 4 nitrogen and oxygen atoms in total. The van der Waals surface area contributed by atoms with Crippen LogP contribution >= 0.6 is 0 Å². The number of fused-ring (bicyclic) bond motifs is 1. The second kappa shape index (κ2) is 9.33. The molecule has 2 heterocycles. The average Bonchev–Trinajstić information content (AvgIpc) is 3.15. The molecule has 0 radical (unpaired) electrons. The van der Waals surface area contributed by atoms with Crippen molar-refractivity contribution in [3.05, 3.63) is 66.9 Å². The Hall–Kier alpha value is -3.01. The SMILES string of the molecule is CC.CC.c1ccc(-c2ncc3[nH]nc(-c4ccccc4)c3n2)cc1. The number of benzene rings is 2. The Morgan fingerprint density at radius 1 is 0.720 bits per heavy atom. The first-order valence-electron chi connectivity index (χ1n) is 8.74. The standard InChI is InChI=1S/C17H12N4.2C2H6/c1-3-7-12(8-4-1)15-16-14(20-21-15)11-18-17(19-16)13-9-5-2-6-10-13;2*1-2/h1-11H,(H,20,21);2*1-2H3. The molecule has 0 atom stereocenters. The number of nitrogens with zero attached hydrogens (tertiary/aromatic N) is 3. The van der Waals surface area contributed by atoms with Crippen molar-refractivity contribution < 1.29 is 0 Å². The molecule has 0 saturated carbocycles. The molecule has 4 heteroatoms. The molecule has 0 aliphatic heterocycles. The van der Waals surface area contributed by atoms with Gasteiger partial charge in [-0.2, -0.15) is 5.10 Å². The molecular formula is C21H24N4. The van der Waals surface area contributed by atoms with Crippen LogP contribution in [0.1, 0.15) is 27.7 Å². The molecular weight excluding hydrogens is 308 g/mol. The van der Waals surface area contributed by atoms with Crippen molar-refractivity contribution in [1.29, 1.82) is 0 Å². The summed E-state index contributed by atoms with van der Waals surface area (Å²) in [6.07, 6.45) is 1.78. The van der Waals surface area contributed by atoms with Gasteiger partial charge in [0.1, 0.15) is 16.7 Å². The second-order valence-electron chi connectivity index (χ2n) is 4.76. The Morgan fingerprint density at radius 3 is 1.88 bits per heavy atom. The Balaban J connectivity index is 0.000000528. The van der Waals surface area contributed by atoms with Crippen LogP contribution in [0.2, 0.25) is 0 Å². The summed E-state index contributed by atoms with van der Waals surface area (Å²) >= 11 is 0. The zero-order valence-electron chi connectivity index (χ0n) is 15.2. The van der Waals surface area contributed by atoms with E-state index in [0.717, 1.165) is 27.9 Å². The van der Waals surface area contributed by atoms with Gasteiger partial charge in [-0.15, -0.1) is 0 Å². The molecule has 4 rings (SSSR count). The highest BCUT2D eigenvalue weighted by atomic mass is 15.1. The van der Waals surface area contributed by atoms with Gasteiger partial charge in [-0.25, -0.2) is 9.97 Å². The Kier molecular flexibility index (Phi) is 6.84. The van der Waals surface area contributed by atoms with Gasteiger partial charge in [-0.3, -0.25) is 5.10 Å². The highest BCUT2D eigenvalue weighted by molar-refractivity contribution is 5.89. The average molecular weight is 332 g/mol. The van der Waals surface area contributed by atoms with Crippen LogP contribution < -0.4 is 0 Å². The van der Waals surface area contributed by atoms with Gasteiger partial charge < -0.3 is 0 Å². The van der Waals surface area contributed by atoms with Gasteiger partial charge in [0.15, 0.2) is 5.82 Å². The van der Waals surface area contributed by atoms with E-state index in [1.165, 1.54) is 0 Å². The smallest absolute Gasteiger partial charge is 0.159 e. The first kappa shape index (κ1) is 18.3. The van der Waals surface area contributed by atoms with Crippen molar-refractivity contribution in [2.24, 2.45) is 0 Å². The Labute approximate surface area is 149 Å². The normalized spacial score (nSPS) is 9.60. The highest BCUT2D eigenvalue weighted by Crippen LogP contribution is 2.25. The van der Waals surface area contributed by atoms with Crippen LogP contribution in [0.15, 0.2) is 66.9 Å². The van der Waals surface area contributed by atoms with Gasteiger partial charge >= 0.3 is 0 Å². The topological polar surface area (TPSA) is 54.5 Å². The molecule has 0 aliphatic rings. The molecule has 4 aromatic rings. The van der Waals surface area contributed by atoms with E-state index >= 15 is 0 Å². The summed E-state index contributed by atoms with van der Waals surface area (Å²) in [7, 11) is 0. The number of hydrogen-bond acceptors (Lipinski definition) is 3. The van der Waals surface area contributed by atoms with Crippen LogP contribution in [-0.2, 0) is 0 Å². The summed E-state index contributed by atoms with van der Waals surface area (Å²) in [4.78, 5) is 9.08. The zero-order valence-corrected chi connectivity index (χ0v) is 15.2. The van der Waals surface area contributed by atoms with Crippen molar-refractivity contribution in [2.45, 2.75) is 27.7 Å². The first-order chi connectivity index (χ1) is 12.4. The molecule has 25 heavy (non-hydrogen) atoms. The minimum atomic E-state index is 0.710. The molecule has 0 unspecified atom stereocenters. The fraction of sp³-hybridized carbons (Fsp3) is 0.190. The minimum Gasteiger partial charge on any atom is -0.274 e. The summed E-state index contributed by atoms with van der Waals surface area (Å²) < 4.78 is 0. The molecule has 0 amide bonds. The van der Waals surface area contributed by atoms with Crippen molar-refractivity contribution in [3.63, 3.8) is 0 Å². The third-order valence-electron chi connectivity index (χ3n) is 3.38. The van der Waals surface area contributed by atoms with Gasteiger partial charge in [0.25, 0.3) is 0 Å². The lowest BCUT2D eigenvalue weighted by Gasteiger charge is -2.00. The quantitative estimate of drug-likeness (QED) is 0.509. The van der Waals surface area contributed by atoms with E-state index < -0.39 is 0 Å². The van der Waals surface area contributed by atoms with Crippen molar-refractivity contribution in [1.82, 2.24) is 20.2 Å². The predicted molar refractivity (Wildman–Crippen MR) is 105 cm³/mol. The Morgan fingerprint density at radius 2 is 1.28 bits per heavy atom. The number of nitrogens with one attached hydrogen (secondary N) is 1. The molecule has 0 spiro atoms. The monoisotopic (exact) mass is 332 g/mol. The summed E-state index contributed by atoms with van der Waals surface area (Å²) in [5.41, 5.74) is 4.58. The Bertz CT molecular complexity index is 884. The molecule has 2 aromatic carbocycles. The van der Waals surface area contributed by atoms with E-state index in [2.05, 4.69) is 20.2 Å². The zero-order chi connectivity index (χ0) is 18.1. The van der Waals surface area contributed by atoms with E-state index in [-0.39, 0.29) is 0 Å². The van der Waals surface area contributed by atoms with Crippen molar-refractivity contribution >= 4 is 11.0 Å². The van der Waals surface area contributed by atoms with Crippen LogP contribution in [0, 0.1) is 0 Å². The van der Waals surface area contributed by atoms with E-state index in [1.807, 2.05) is 88.4 Å². The van der Waals surface area contributed by atoms with Crippen molar-refractivity contribution in [2.75, 3.05) is 0 Å². The maximum atomic E-state index is 4.68. The molecule has 128 valence electrons. The number of aromatic nitrogens is 4. The number of hydrogen-bond donors (Lipinski definition) is 1. The largest absolute Gasteiger partial charge is 0.274 e. The van der Waals surface area contributed by atoms with Crippen LogP contribution in [0.4, 0.5) is 0 Å². The van der Waals surface area contributed by atoms with Crippen molar-refractivity contribution in [3.8, 4) is 22.6 Å². The number of aromatic amines is 1. The fourth-order valence-corrected chi connectivity index (χ4v) is 2.34. The molecule has 2 aromatic heterocycles. The maximum absolute atomic E-state index is 4.68. The molecule has 0 aliphatic carbocycles. The lowest BCUT2D eigenvalue weighted by atomic mass is 10.1. The number of H-pyrrole nitrogens is 1. The van der Waals surface area contributed by atoms with Gasteiger partial charge in [-0.05, 0) is 0 Å². The predicted octanol–water partition coefficient (Wildman–Crippen LogP) is 5.74. The third-order valence-corrected chi connectivity index (χ3v) is 3.38. The van der Waals surface area contributed by atoms with Gasteiger partial charge in [-0.1, -0.05) is 88.4 Å². The second-order valence-corrected chi connectivity index (χ2v) is 4.76. The van der Waals surface area contributed by atoms with E-state index in [4.69, 9.17) is 0 Å². The highest BCUT2D eigenvalue weighted by Gasteiger charge is 2.11. The van der Waals surface area contributed by atoms with E-state index in [1.54, 1.807) is 6.20 Å². The summed E-state index contributed by atoms with van der Waals surface area (Å²) in [5, 5.41) is 7.36. The summed E-state index contributed by atoms with van der Waals surface area (Å²) in [6.45, 7) is 8.00. The molecule has 1 N–H and O–H groups in total. The maximum Gasteiger partial charge on any atom is 0.159 e. The van der Waals surface area contributed by atoms with Gasteiger partial charge in [0.05, 0.1) is 6.20 Å². The van der Waals surface area contributed by atoms with Gasteiger partial charge in [0, 0.05) is 11.1 Å². The van der Waals surface area contributed by atoms with Crippen LogP contribution in [0.5, 0.6) is 0 Å². The van der Waals surface area contributed by atoms with Crippen LogP contribution in [0.25, 0.3) is 33.7 Å². The fourth-order valence-electron chi connectivity index (χ4n) is 2.34. The van der Waals surface area contributed by atoms with E-state index in [0.29, 0.717) is 5.82 Å². The minimum absolute atomic E-state index is 0.710. The van der Waals surface area contributed by atoms with E-state index in [9.17, 15) is 0 Å². The first-order valence-corrected chi connectivity index (χ1v) is 8.74.